The molecule has 3 heterocycles. The average Bonchev–Trinajstić information content (AvgIpc) is 3.34. The number of aliphatic hydroxyl groups excluding tert-OH is 1. The lowest BCUT2D eigenvalue weighted by molar-refractivity contribution is 0.0990. The molecule has 0 saturated carbocycles. The van der Waals surface area contributed by atoms with Crippen LogP contribution in [0.4, 0.5) is 14.6 Å². The number of carbonyl (C=O) groups is 1. The van der Waals surface area contributed by atoms with Gasteiger partial charge in [0.1, 0.15) is 17.0 Å². The molecule has 12 heteroatoms. The molecule has 0 spiro atoms. The minimum atomic E-state index is -0.719. The number of hydrogen-bond donors (Lipinski definition) is 3. The van der Waals surface area contributed by atoms with E-state index in [-0.39, 0.29) is 30.1 Å². The second-order valence-electron chi connectivity index (χ2n) is 10.1. The van der Waals surface area contributed by atoms with E-state index >= 15 is 4.39 Å². The molecular weight excluding hydrogens is 534 g/mol. The van der Waals surface area contributed by atoms with Crippen molar-refractivity contribution in [1.82, 2.24) is 25.0 Å². The topological polar surface area (TPSA) is 135 Å². The third kappa shape index (κ3) is 5.82. The van der Waals surface area contributed by atoms with E-state index in [2.05, 4.69) is 25.6 Å². The van der Waals surface area contributed by atoms with E-state index in [4.69, 9.17) is 4.74 Å². The molecule has 210 valence electrons. The van der Waals surface area contributed by atoms with E-state index in [1.54, 1.807) is 26.8 Å². The number of H-pyrrole nitrogens is 1. The van der Waals surface area contributed by atoms with Gasteiger partial charge in [0, 0.05) is 18.7 Å². The Morgan fingerprint density at radius 3 is 2.56 bits per heavy atom. The van der Waals surface area contributed by atoms with Crippen molar-refractivity contribution in [2.45, 2.75) is 32.7 Å². The van der Waals surface area contributed by atoms with Gasteiger partial charge in [-0.2, -0.15) is 14.9 Å². The molecule has 3 N–H and O–H groups in total. The highest BCUT2D eigenvalue weighted by atomic mass is 19.1. The first-order valence-electron chi connectivity index (χ1n) is 12.6. The number of rotatable bonds is 9. The molecule has 0 aliphatic carbocycles. The summed E-state index contributed by atoms with van der Waals surface area (Å²) in [5.74, 6) is -1.16. The summed E-state index contributed by atoms with van der Waals surface area (Å²) in [6.45, 7) is 5.04. The van der Waals surface area contributed by atoms with Crippen molar-refractivity contribution in [2.75, 3.05) is 11.9 Å². The van der Waals surface area contributed by atoms with Crippen molar-refractivity contribution >= 4 is 22.6 Å². The lowest BCUT2D eigenvalue weighted by atomic mass is 10.0. The number of aromatic nitrogens is 5. The highest BCUT2D eigenvalue weighted by Crippen LogP contribution is 2.35. The minimum absolute atomic E-state index is 0.0966. The highest BCUT2D eigenvalue weighted by molar-refractivity contribution is 5.97. The summed E-state index contributed by atoms with van der Waals surface area (Å²) in [6.07, 6.45) is 1.24. The largest absolute Gasteiger partial charge is 0.453 e. The second kappa shape index (κ2) is 10.9. The standard InChI is InChI=1S/C29H26F2N6O4/c1-16-12-20(28(40)37(36-16)19-7-5-18(30)6-8-19)22(39)14-17-4-9-23(21(31)13-17)41-24-10-11-32-26-25(24)27(35-34-26)33-29(2,3)15-38/h4-13,38H,14-15H2,1-3H3,(H2,32,33,34,35). The number of anilines is 1. The number of ketones is 1. The number of Topliss-reactive ketones (excluding diaryl/α,β-unsaturated/α-hetero) is 1. The number of halogens is 2. The van der Waals surface area contributed by atoms with Crippen molar-refractivity contribution in [3.05, 3.63) is 99.6 Å². The normalized spacial score (nSPS) is 11.6. The van der Waals surface area contributed by atoms with Crippen molar-refractivity contribution in [3.63, 3.8) is 0 Å². The Bertz CT molecular complexity index is 1820. The van der Waals surface area contributed by atoms with Gasteiger partial charge in [-0.25, -0.2) is 13.8 Å². The first-order valence-corrected chi connectivity index (χ1v) is 12.6. The predicted molar refractivity (Wildman–Crippen MR) is 148 cm³/mol. The van der Waals surface area contributed by atoms with E-state index in [1.165, 1.54) is 54.7 Å². The monoisotopic (exact) mass is 560 g/mol. The Hall–Kier alpha value is -4.97. The summed E-state index contributed by atoms with van der Waals surface area (Å²) in [6, 6.07) is 12.2. The summed E-state index contributed by atoms with van der Waals surface area (Å²) in [7, 11) is 0. The maximum atomic E-state index is 15.2. The van der Waals surface area contributed by atoms with Crippen LogP contribution in [-0.4, -0.2) is 48.0 Å². The van der Waals surface area contributed by atoms with E-state index in [0.717, 1.165) is 4.68 Å². The van der Waals surface area contributed by atoms with Gasteiger partial charge < -0.3 is 15.2 Å². The molecule has 2 aromatic carbocycles. The van der Waals surface area contributed by atoms with Gasteiger partial charge in [0.2, 0.25) is 0 Å². The first kappa shape index (κ1) is 27.6. The molecule has 3 aromatic heterocycles. The molecule has 0 amide bonds. The van der Waals surface area contributed by atoms with Gasteiger partial charge in [0.25, 0.3) is 5.56 Å². The number of pyridine rings is 1. The van der Waals surface area contributed by atoms with Gasteiger partial charge >= 0.3 is 0 Å². The van der Waals surface area contributed by atoms with Gasteiger partial charge in [-0.15, -0.1) is 0 Å². The number of hydrogen-bond acceptors (Lipinski definition) is 8. The highest BCUT2D eigenvalue weighted by Gasteiger charge is 2.22. The lowest BCUT2D eigenvalue weighted by Crippen LogP contribution is -2.35. The quantitative estimate of drug-likeness (QED) is 0.225. The van der Waals surface area contributed by atoms with Crippen LogP contribution in [0.3, 0.4) is 0 Å². The third-order valence-corrected chi connectivity index (χ3v) is 6.26. The van der Waals surface area contributed by atoms with Crippen LogP contribution in [0.15, 0.2) is 65.6 Å². The van der Waals surface area contributed by atoms with Gasteiger partial charge in [0.15, 0.2) is 28.8 Å². The molecule has 0 saturated heterocycles. The smallest absolute Gasteiger partial charge is 0.282 e. The zero-order valence-corrected chi connectivity index (χ0v) is 22.4. The summed E-state index contributed by atoms with van der Waals surface area (Å²) in [5, 5.41) is 24.3. The van der Waals surface area contributed by atoms with E-state index < -0.39 is 28.5 Å². The van der Waals surface area contributed by atoms with Crippen LogP contribution in [0.2, 0.25) is 0 Å². The van der Waals surface area contributed by atoms with Gasteiger partial charge in [-0.1, -0.05) is 6.07 Å². The molecule has 0 aliphatic rings. The Morgan fingerprint density at radius 2 is 1.85 bits per heavy atom. The number of benzene rings is 2. The molecule has 0 bridgehead atoms. The van der Waals surface area contributed by atoms with Crippen molar-refractivity contribution in [2.24, 2.45) is 0 Å². The summed E-state index contributed by atoms with van der Waals surface area (Å²) >= 11 is 0. The molecule has 41 heavy (non-hydrogen) atoms. The Labute approximate surface area is 232 Å². The maximum Gasteiger partial charge on any atom is 0.282 e. The predicted octanol–water partition coefficient (Wildman–Crippen LogP) is 4.49. The van der Waals surface area contributed by atoms with Crippen LogP contribution >= 0.6 is 0 Å². The summed E-state index contributed by atoms with van der Waals surface area (Å²) < 4.78 is 35.4. The Kier molecular flexibility index (Phi) is 7.33. The fourth-order valence-corrected chi connectivity index (χ4v) is 4.17. The van der Waals surface area contributed by atoms with Gasteiger partial charge in [0.05, 0.1) is 29.1 Å². The molecule has 0 radical (unpaired) electrons. The van der Waals surface area contributed by atoms with Crippen LogP contribution in [-0.2, 0) is 6.42 Å². The average molecular weight is 561 g/mol. The number of fused-ring (bicyclic) bond motifs is 1. The maximum absolute atomic E-state index is 15.2. The number of aromatic amines is 1. The zero-order chi connectivity index (χ0) is 29.3. The lowest BCUT2D eigenvalue weighted by Gasteiger charge is -2.23. The summed E-state index contributed by atoms with van der Waals surface area (Å²) in [5.41, 5.74) is -0.0212. The van der Waals surface area contributed by atoms with Gasteiger partial charge in [-0.3, -0.25) is 14.7 Å². The van der Waals surface area contributed by atoms with Gasteiger partial charge in [-0.05, 0) is 68.8 Å². The summed E-state index contributed by atoms with van der Waals surface area (Å²) in [4.78, 5) is 30.4. The number of ether oxygens (including phenoxy) is 1. The number of aliphatic hydroxyl groups is 1. The van der Waals surface area contributed by atoms with Crippen LogP contribution in [0.5, 0.6) is 11.5 Å². The fourth-order valence-electron chi connectivity index (χ4n) is 4.17. The van der Waals surface area contributed by atoms with E-state index in [0.29, 0.717) is 33.8 Å². The molecule has 0 atom stereocenters. The fraction of sp³-hybridized carbons (Fsp3) is 0.207. The number of nitrogens with one attached hydrogen (secondary N) is 2. The number of aryl methyl sites for hydroxylation is 1. The minimum Gasteiger partial charge on any atom is -0.453 e. The molecule has 5 rings (SSSR count). The van der Waals surface area contributed by atoms with Crippen LogP contribution < -0.4 is 15.6 Å². The number of carbonyl (C=O) groups excluding carboxylic acids is 1. The van der Waals surface area contributed by atoms with Crippen molar-refractivity contribution in [1.29, 1.82) is 0 Å². The van der Waals surface area contributed by atoms with E-state index in [1.807, 2.05) is 0 Å². The Morgan fingerprint density at radius 1 is 1.10 bits per heavy atom. The van der Waals surface area contributed by atoms with Crippen molar-refractivity contribution in [3.8, 4) is 17.2 Å². The molecule has 0 fully saturated rings. The molecular formula is C29H26F2N6O4. The third-order valence-electron chi connectivity index (χ3n) is 6.26. The Balaban J connectivity index is 1.39. The molecule has 10 nitrogen and oxygen atoms in total. The second-order valence-corrected chi connectivity index (χ2v) is 10.1. The molecule has 0 unspecified atom stereocenters. The first-order chi connectivity index (χ1) is 19.5. The van der Waals surface area contributed by atoms with Crippen LogP contribution in [0.1, 0.15) is 35.5 Å². The molecule has 5 aromatic rings. The zero-order valence-electron chi connectivity index (χ0n) is 22.4. The number of nitrogens with zero attached hydrogens (tertiary/aromatic N) is 4. The van der Waals surface area contributed by atoms with E-state index in [9.17, 15) is 19.1 Å². The van der Waals surface area contributed by atoms with Crippen molar-refractivity contribution < 1.29 is 23.4 Å². The van der Waals surface area contributed by atoms with Crippen LogP contribution in [0, 0.1) is 18.6 Å². The SMILES string of the molecule is Cc1cc(C(=O)Cc2ccc(Oc3ccnc4[nH]nc(NC(C)(C)CO)c34)c(F)c2)c(=O)n(-c2ccc(F)cc2)n1. The van der Waals surface area contributed by atoms with Crippen LogP contribution in [0.25, 0.3) is 16.7 Å². The molecule has 0 aliphatic heterocycles.